The molecule has 0 bridgehead atoms. The first-order valence-corrected chi connectivity index (χ1v) is 8.25. The molecule has 104 valence electrons. The monoisotopic (exact) mass is 378 g/mol. The Morgan fingerprint density at radius 1 is 0.737 bits per heavy atom. The molecule has 2 aliphatic heterocycles. The summed E-state index contributed by atoms with van der Waals surface area (Å²) in [4.78, 5) is 0. The molecular weight excluding hydrogens is 362 g/mol. The second-order valence-electron chi connectivity index (χ2n) is 5.09. The van der Waals surface area contributed by atoms with Crippen molar-refractivity contribution >= 4 is 0 Å². The Labute approximate surface area is 138 Å². The maximum Gasteiger partial charge on any atom is -1.00 e. The van der Waals surface area contributed by atoms with Gasteiger partial charge in [0.25, 0.3) is 0 Å². The molecule has 2 rings (SSSR count). The van der Waals surface area contributed by atoms with Gasteiger partial charge in [0.05, 0.1) is 0 Å². The molecule has 0 aromatic heterocycles. The quantitative estimate of drug-likeness (QED) is 0.534. The molecule has 0 aromatic rings. The third-order valence-corrected chi connectivity index (χ3v) is 8.56. The smallest absolute Gasteiger partial charge is 1.00 e. The van der Waals surface area contributed by atoms with Gasteiger partial charge < -0.3 is 24.8 Å². The summed E-state index contributed by atoms with van der Waals surface area (Å²) >= 11 is -0.950. The van der Waals surface area contributed by atoms with Crippen LogP contribution in [0.3, 0.4) is 0 Å². The van der Waals surface area contributed by atoms with Crippen molar-refractivity contribution in [2.75, 3.05) is 0 Å². The molecule has 0 fully saturated rings. The van der Waals surface area contributed by atoms with Crippen molar-refractivity contribution in [2.24, 2.45) is 20.5 Å². The van der Waals surface area contributed by atoms with Crippen LogP contribution >= 0.6 is 0 Å². The third kappa shape index (κ3) is 3.25. The van der Waals surface area contributed by atoms with Crippen molar-refractivity contribution < 1.29 is 48.0 Å². The molecule has 0 aromatic carbocycles. The van der Waals surface area contributed by atoms with Crippen LogP contribution in [0.4, 0.5) is 0 Å². The van der Waals surface area contributed by atoms with Gasteiger partial charge >= 0.3 is 114 Å². The Hall–Kier alpha value is 0.143. The number of allylic oxidation sites excluding steroid dienone is 2. The fourth-order valence-corrected chi connectivity index (χ4v) is 6.70. The second-order valence-corrected chi connectivity index (χ2v) is 10.5. The maximum absolute atomic E-state index is 4.50. The van der Waals surface area contributed by atoms with Crippen molar-refractivity contribution in [1.29, 1.82) is 0 Å². The van der Waals surface area contributed by atoms with Gasteiger partial charge in [-0.05, 0) is 0 Å². The van der Waals surface area contributed by atoms with Crippen LogP contribution in [-0.2, 0) is 23.2 Å². The zero-order valence-corrected chi connectivity index (χ0v) is 16.0. The first kappa shape index (κ1) is 19.1. The Bertz CT molecular complexity index is 454. The minimum Gasteiger partial charge on any atom is -1.00 e. The topological polar surface area (TPSA) is 49.4 Å². The van der Waals surface area contributed by atoms with Gasteiger partial charge in [-0.2, -0.15) is 0 Å². The molecule has 0 spiro atoms. The normalized spacial score (nSPS) is 32.3. The fraction of sp³-hybridized carbons (Fsp3) is 0.667. The average Bonchev–Trinajstić information content (AvgIpc) is 2.66. The predicted octanol–water partition coefficient (Wildman–Crippen LogP) is -1.97. The minimum absolute atomic E-state index is 0. The van der Waals surface area contributed by atoms with Crippen molar-refractivity contribution in [3.05, 3.63) is 22.5 Å². The van der Waals surface area contributed by atoms with E-state index in [2.05, 4.69) is 48.2 Å². The molecule has 0 radical (unpaired) electrons. The van der Waals surface area contributed by atoms with Crippen LogP contribution in [-0.4, -0.2) is 6.49 Å². The number of hydrogen-bond donors (Lipinski definition) is 0. The molecular formula is C12H18Cl2N4Zr. The van der Waals surface area contributed by atoms with E-state index in [1.807, 2.05) is 13.8 Å². The molecule has 2 atom stereocenters. The SMILES string of the molecule is CC1=C(C)[C](C)([Zr+2][C]2(C)N=NC(C)=C2C)N=N1.[Cl-].[Cl-]. The molecule has 2 heterocycles. The Kier molecular flexibility index (Phi) is 6.33. The van der Waals surface area contributed by atoms with E-state index < -0.39 is 23.2 Å². The van der Waals surface area contributed by atoms with Gasteiger partial charge in [-0.1, -0.05) is 0 Å². The number of nitrogens with zero attached hydrogens (tertiary/aromatic N) is 4. The number of rotatable bonds is 2. The molecule has 0 saturated carbocycles. The molecule has 0 N–H and O–H groups in total. The van der Waals surface area contributed by atoms with Gasteiger partial charge in [-0.25, -0.2) is 0 Å². The molecule has 0 aliphatic carbocycles. The fourth-order valence-electron chi connectivity index (χ4n) is 2.07. The molecule has 0 amide bonds. The second kappa shape index (κ2) is 6.28. The van der Waals surface area contributed by atoms with Crippen LogP contribution < -0.4 is 24.8 Å². The van der Waals surface area contributed by atoms with E-state index in [1.54, 1.807) is 0 Å². The van der Waals surface area contributed by atoms with Crippen LogP contribution in [0.15, 0.2) is 43.0 Å². The molecule has 0 saturated heterocycles. The zero-order chi connectivity index (χ0) is 12.8. The largest absolute Gasteiger partial charge is 1.00 e. The first-order valence-electron chi connectivity index (χ1n) is 5.79. The predicted molar refractivity (Wildman–Crippen MR) is 63.3 cm³/mol. The standard InChI is InChI=1S/2C6H9N2.2ClH.Zr/c2*1-4-5(2)7-8-6(4)3;;;/h2*1-3H3;2*1H;/q;;;;+2/p-2. The van der Waals surface area contributed by atoms with E-state index >= 15 is 0 Å². The maximum atomic E-state index is 4.50. The van der Waals surface area contributed by atoms with E-state index in [0.29, 0.717) is 0 Å². The summed E-state index contributed by atoms with van der Waals surface area (Å²) in [6.07, 6.45) is 0. The summed E-state index contributed by atoms with van der Waals surface area (Å²) in [5, 5.41) is 17.5. The van der Waals surface area contributed by atoms with Crippen LogP contribution in [0.5, 0.6) is 0 Å². The molecule has 2 unspecified atom stereocenters. The van der Waals surface area contributed by atoms with E-state index in [1.165, 1.54) is 11.1 Å². The number of azo groups is 2. The summed E-state index contributed by atoms with van der Waals surface area (Å²) in [7, 11) is 0. The summed E-state index contributed by atoms with van der Waals surface area (Å²) in [6, 6.07) is 0. The van der Waals surface area contributed by atoms with E-state index in [4.69, 9.17) is 0 Å². The van der Waals surface area contributed by atoms with Crippen LogP contribution in [0.2, 0.25) is 0 Å². The Balaban J connectivity index is 0.00000162. The molecule has 19 heavy (non-hydrogen) atoms. The van der Waals surface area contributed by atoms with Gasteiger partial charge in [0, 0.05) is 0 Å². The third-order valence-electron chi connectivity index (χ3n) is 3.83. The molecule has 2 aliphatic rings. The van der Waals surface area contributed by atoms with Gasteiger partial charge in [0.2, 0.25) is 0 Å². The average molecular weight is 380 g/mol. The van der Waals surface area contributed by atoms with Gasteiger partial charge in [-0.3, -0.25) is 0 Å². The van der Waals surface area contributed by atoms with Crippen molar-refractivity contribution in [2.45, 2.75) is 48.0 Å². The van der Waals surface area contributed by atoms with Crippen molar-refractivity contribution in [3.63, 3.8) is 0 Å². The first-order chi connectivity index (χ1) is 7.78. The zero-order valence-electron chi connectivity index (χ0n) is 12.0. The van der Waals surface area contributed by atoms with E-state index in [-0.39, 0.29) is 31.3 Å². The van der Waals surface area contributed by atoms with Gasteiger partial charge in [-0.15, -0.1) is 0 Å². The summed E-state index contributed by atoms with van der Waals surface area (Å²) in [6.45, 7) is 12.8. The number of halogens is 2. The van der Waals surface area contributed by atoms with Crippen LogP contribution in [0.25, 0.3) is 0 Å². The summed E-state index contributed by atoms with van der Waals surface area (Å²) < 4.78 is -0.125. The van der Waals surface area contributed by atoms with Gasteiger partial charge in [0.15, 0.2) is 0 Å². The van der Waals surface area contributed by atoms with Crippen molar-refractivity contribution in [1.82, 2.24) is 0 Å². The number of hydrogen-bond acceptors (Lipinski definition) is 4. The van der Waals surface area contributed by atoms with Crippen LogP contribution in [0.1, 0.15) is 41.5 Å². The minimum atomic E-state index is -0.950. The summed E-state index contributed by atoms with van der Waals surface area (Å²) in [5.74, 6) is 0. The summed E-state index contributed by atoms with van der Waals surface area (Å²) in [5.41, 5.74) is 4.78. The molecule has 4 nitrogen and oxygen atoms in total. The Morgan fingerprint density at radius 2 is 1.05 bits per heavy atom. The Morgan fingerprint density at radius 3 is 1.26 bits per heavy atom. The van der Waals surface area contributed by atoms with Gasteiger partial charge in [0.1, 0.15) is 0 Å². The van der Waals surface area contributed by atoms with Crippen molar-refractivity contribution in [3.8, 4) is 0 Å². The van der Waals surface area contributed by atoms with Crippen LogP contribution in [0, 0.1) is 0 Å². The molecule has 7 heteroatoms. The van der Waals surface area contributed by atoms with E-state index in [0.717, 1.165) is 11.4 Å². The van der Waals surface area contributed by atoms with E-state index in [9.17, 15) is 0 Å².